The Morgan fingerprint density at radius 2 is 1.71 bits per heavy atom. The van der Waals surface area contributed by atoms with Crippen LogP contribution in [0.2, 0.25) is 0 Å². The zero-order valence-corrected chi connectivity index (χ0v) is 7.70. The summed E-state index contributed by atoms with van der Waals surface area (Å²) >= 11 is 0. The fourth-order valence-corrected chi connectivity index (χ4v) is 1.16. The van der Waals surface area contributed by atoms with Crippen LogP contribution in [0.25, 0.3) is 0 Å². The van der Waals surface area contributed by atoms with Gasteiger partial charge in [0.1, 0.15) is 0 Å². The van der Waals surface area contributed by atoms with Crippen LogP contribution in [0.4, 0.5) is 4.39 Å². The first-order valence-electron chi connectivity index (χ1n) is 4.47. The van der Waals surface area contributed by atoms with Crippen molar-refractivity contribution in [3.05, 3.63) is 35.9 Å². The molecule has 0 saturated heterocycles. The van der Waals surface area contributed by atoms with Crippen molar-refractivity contribution in [3.63, 3.8) is 0 Å². The van der Waals surface area contributed by atoms with Crippen LogP contribution in [0.1, 0.15) is 29.6 Å². The molecule has 0 aliphatic carbocycles. The van der Waals surface area contributed by atoms with Crippen molar-refractivity contribution < 1.29 is 14.0 Å². The van der Waals surface area contributed by atoms with Gasteiger partial charge in [0, 0.05) is 18.4 Å². The molecule has 1 rings (SSSR count). The van der Waals surface area contributed by atoms with Gasteiger partial charge in [0.15, 0.2) is 5.78 Å². The van der Waals surface area contributed by atoms with Crippen molar-refractivity contribution in [2.45, 2.75) is 19.3 Å². The summed E-state index contributed by atoms with van der Waals surface area (Å²) in [5.41, 5.74) is 0.610. The Hall–Kier alpha value is -1.51. The maximum atomic E-state index is 11.8. The van der Waals surface area contributed by atoms with Crippen LogP contribution in [0, 0.1) is 0 Å². The summed E-state index contributed by atoms with van der Waals surface area (Å²) in [5, 5.41) is 0. The van der Waals surface area contributed by atoms with E-state index >= 15 is 0 Å². The van der Waals surface area contributed by atoms with Crippen LogP contribution in [0.3, 0.4) is 0 Å². The molecular weight excluding hydrogens is 183 g/mol. The molecule has 0 unspecified atom stereocenters. The molecule has 74 valence electrons. The van der Waals surface area contributed by atoms with E-state index in [2.05, 4.69) is 0 Å². The van der Waals surface area contributed by atoms with Crippen LogP contribution in [0.5, 0.6) is 0 Å². The molecule has 14 heavy (non-hydrogen) atoms. The van der Waals surface area contributed by atoms with E-state index in [0.717, 1.165) is 0 Å². The summed E-state index contributed by atoms with van der Waals surface area (Å²) in [5.74, 6) is -0.0492. The van der Waals surface area contributed by atoms with Gasteiger partial charge in [-0.3, -0.25) is 9.59 Å². The first-order chi connectivity index (χ1) is 6.70. The molecule has 3 heteroatoms. The molecule has 1 aromatic rings. The first kappa shape index (κ1) is 10.6. The van der Waals surface area contributed by atoms with Gasteiger partial charge >= 0.3 is 6.04 Å². The lowest BCUT2D eigenvalue weighted by Crippen LogP contribution is -1.99. The molecule has 0 spiro atoms. The summed E-state index contributed by atoms with van der Waals surface area (Å²) < 4.78 is 11.8. The summed E-state index contributed by atoms with van der Waals surface area (Å²) in [6.07, 6.45) is 0.335. The number of Topliss-reactive ketones (excluding diaryl/α,β-unsaturated/α-hetero) is 1. The van der Waals surface area contributed by atoms with E-state index in [1.165, 1.54) is 0 Å². The minimum atomic E-state index is -1.36. The van der Waals surface area contributed by atoms with Crippen molar-refractivity contribution >= 4 is 11.8 Å². The second kappa shape index (κ2) is 5.27. The lowest BCUT2D eigenvalue weighted by Gasteiger charge is -1.98. The van der Waals surface area contributed by atoms with Crippen molar-refractivity contribution in [3.8, 4) is 0 Å². The molecule has 0 fully saturated rings. The molecule has 2 nitrogen and oxygen atoms in total. The molecule has 0 aromatic heterocycles. The minimum Gasteiger partial charge on any atom is -0.294 e. The van der Waals surface area contributed by atoms with E-state index in [4.69, 9.17) is 0 Å². The van der Waals surface area contributed by atoms with Gasteiger partial charge in [-0.1, -0.05) is 30.3 Å². The molecule has 0 saturated carbocycles. The van der Waals surface area contributed by atoms with E-state index in [1.54, 1.807) is 24.3 Å². The van der Waals surface area contributed by atoms with Gasteiger partial charge in [0.2, 0.25) is 0 Å². The van der Waals surface area contributed by atoms with E-state index < -0.39 is 6.04 Å². The maximum Gasteiger partial charge on any atom is 0.301 e. The number of ketones is 1. The number of carbonyl (C=O) groups is 2. The molecule has 0 bridgehead atoms. The summed E-state index contributed by atoms with van der Waals surface area (Å²) in [6.45, 7) is 0. The van der Waals surface area contributed by atoms with E-state index in [1.807, 2.05) is 6.07 Å². The van der Waals surface area contributed by atoms with Crippen LogP contribution < -0.4 is 0 Å². The zero-order valence-electron chi connectivity index (χ0n) is 7.70. The highest BCUT2D eigenvalue weighted by atomic mass is 19.1. The highest BCUT2D eigenvalue weighted by molar-refractivity contribution is 5.96. The number of benzene rings is 1. The Balaban J connectivity index is 2.40. The SMILES string of the molecule is O=C(F)CCCC(=O)c1ccccc1. The predicted octanol–water partition coefficient (Wildman–Crippen LogP) is 2.54. The number of halogens is 1. The van der Waals surface area contributed by atoms with Gasteiger partial charge in [0.25, 0.3) is 0 Å². The van der Waals surface area contributed by atoms with Gasteiger partial charge in [-0.15, -0.1) is 0 Å². The molecule has 0 atom stereocenters. The second-order valence-electron chi connectivity index (χ2n) is 3.00. The average molecular weight is 194 g/mol. The van der Waals surface area contributed by atoms with Crippen LogP contribution >= 0.6 is 0 Å². The quantitative estimate of drug-likeness (QED) is 0.533. The number of hydrogen-bond donors (Lipinski definition) is 0. The predicted molar refractivity (Wildman–Crippen MR) is 50.7 cm³/mol. The third kappa shape index (κ3) is 3.47. The van der Waals surface area contributed by atoms with Gasteiger partial charge in [0.05, 0.1) is 0 Å². The fraction of sp³-hybridized carbons (Fsp3) is 0.273. The van der Waals surface area contributed by atoms with Crippen molar-refractivity contribution in [1.29, 1.82) is 0 Å². The van der Waals surface area contributed by atoms with Crippen molar-refractivity contribution in [1.82, 2.24) is 0 Å². The summed E-state index contributed by atoms with van der Waals surface area (Å²) in [4.78, 5) is 21.4. The largest absolute Gasteiger partial charge is 0.301 e. The highest BCUT2D eigenvalue weighted by Crippen LogP contribution is 2.06. The second-order valence-corrected chi connectivity index (χ2v) is 3.00. The molecule has 0 amide bonds. The van der Waals surface area contributed by atoms with Crippen LogP contribution in [-0.2, 0) is 4.79 Å². The van der Waals surface area contributed by atoms with Gasteiger partial charge < -0.3 is 0 Å². The number of hydrogen-bond acceptors (Lipinski definition) is 2. The zero-order chi connectivity index (χ0) is 10.4. The standard InChI is InChI=1S/C11H11FO2/c12-11(14)8-4-7-10(13)9-5-2-1-3-6-9/h1-3,5-6H,4,7-8H2. The highest BCUT2D eigenvalue weighted by Gasteiger charge is 2.06. The average Bonchev–Trinajstić information content (AvgIpc) is 2.18. The maximum absolute atomic E-state index is 11.8. The van der Waals surface area contributed by atoms with Crippen LogP contribution in [0.15, 0.2) is 30.3 Å². The van der Waals surface area contributed by atoms with Gasteiger partial charge in [-0.2, -0.15) is 4.39 Å². The molecule has 1 aromatic carbocycles. The van der Waals surface area contributed by atoms with E-state index in [9.17, 15) is 14.0 Å². The Morgan fingerprint density at radius 3 is 2.29 bits per heavy atom. The minimum absolute atomic E-state index is 0.0492. The van der Waals surface area contributed by atoms with Gasteiger partial charge in [-0.25, -0.2) is 0 Å². The van der Waals surface area contributed by atoms with E-state index in [0.29, 0.717) is 5.56 Å². The molecular formula is C11H11FO2. The topological polar surface area (TPSA) is 34.1 Å². The molecule has 0 radical (unpaired) electrons. The number of rotatable bonds is 5. The normalized spacial score (nSPS) is 9.79. The molecule has 0 aliphatic rings. The summed E-state index contributed by atoms with van der Waals surface area (Å²) in [7, 11) is 0. The van der Waals surface area contributed by atoms with E-state index in [-0.39, 0.29) is 25.0 Å². The molecule has 0 heterocycles. The third-order valence-corrected chi connectivity index (χ3v) is 1.87. The third-order valence-electron chi connectivity index (χ3n) is 1.87. The summed E-state index contributed by atoms with van der Waals surface area (Å²) in [6, 6.07) is 7.42. The van der Waals surface area contributed by atoms with Gasteiger partial charge in [-0.05, 0) is 6.42 Å². The lowest BCUT2D eigenvalue weighted by molar-refractivity contribution is -0.129. The Bertz CT molecular complexity index is 319. The smallest absolute Gasteiger partial charge is 0.294 e. The Morgan fingerprint density at radius 1 is 1.07 bits per heavy atom. The number of carbonyl (C=O) groups excluding carboxylic acids is 2. The monoisotopic (exact) mass is 194 g/mol. The lowest BCUT2D eigenvalue weighted by atomic mass is 10.1. The fourth-order valence-electron chi connectivity index (χ4n) is 1.16. The first-order valence-corrected chi connectivity index (χ1v) is 4.47. The van der Waals surface area contributed by atoms with Crippen molar-refractivity contribution in [2.24, 2.45) is 0 Å². The van der Waals surface area contributed by atoms with Crippen molar-refractivity contribution in [2.75, 3.05) is 0 Å². The molecule has 0 aliphatic heterocycles. The Kier molecular flexibility index (Phi) is 3.98. The van der Waals surface area contributed by atoms with Crippen LogP contribution in [-0.4, -0.2) is 11.8 Å². The Labute approximate surface area is 81.7 Å². The molecule has 0 N–H and O–H groups in total.